The highest BCUT2D eigenvalue weighted by molar-refractivity contribution is 7.89. The van der Waals surface area contributed by atoms with Gasteiger partial charge < -0.3 is 9.84 Å². The van der Waals surface area contributed by atoms with Crippen molar-refractivity contribution in [1.82, 2.24) is 24.1 Å². The number of nitrogens with zero attached hydrogens (tertiary/aromatic N) is 3. The van der Waals surface area contributed by atoms with Crippen molar-refractivity contribution in [2.75, 3.05) is 13.2 Å². The van der Waals surface area contributed by atoms with Crippen LogP contribution in [0.2, 0.25) is 0 Å². The van der Waals surface area contributed by atoms with Crippen LogP contribution in [-0.4, -0.2) is 52.1 Å². The quantitative estimate of drug-likeness (QED) is 0.408. The van der Waals surface area contributed by atoms with Gasteiger partial charge in [0.05, 0.1) is 29.4 Å². The topological polar surface area (TPSA) is 139 Å². The Bertz CT molecular complexity index is 1370. The number of aromatic nitrogens is 4. The molecule has 10 nitrogen and oxygen atoms in total. The van der Waals surface area contributed by atoms with Crippen molar-refractivity contribution >= 4 is 15.7 Å². The lowest BCUT2D eigenvalue weighted by atomic mass is 10.0. The van der Waals surface area contributed by atoms with Crippen LogP contribution in [-0.2, 0) is 10.0 Å². The zero-order valence-electron chi connectivity index (χ0n) is 20.5. The van der Waals surface area contributed by atoms with Crippen LogP contribution in [0.3, 0.4) is 0 Å². The molecule has 1 aliphatic carbocycles. The van der Waals surface area contributed by atoms with E-state index in [9.17, 15) is 18.3 Å². The van der Waals surface area contributed by atoms with Gasteiger partial charge in [0.25, 0.3) is 0 Å². The second kappa shape index (κ2) is 10.1. The minimum Gasteiger partial charge on any atom is -0.493 e. The molecular formula is C24H33N5O5S. The van der Waals surface area contributed by atoms with Gasteiger partial charge in [0, 0.05) is 12.0 Å². The van der Waals surface area contributed by atoms with E-state index >= 15 is 0 Å². The number of rotatable bonds is 9. The Morgan fingerprint density at radius 3 is 2.60 bits per heavy atom. The molecule has 2 aromatic heterocycles. The van der Waals surface area contributed by atoms with E-state index in [1.165, 1.54) is 16.5 Å². The normalized spacial score (nSPS) is 15.8. The van der Waals surface area contributed by atoms with Crippen LogP contribution in [0, 0.1) is 12.8 Å². The van der Waals surface area contributed by atoms with Crippen molar-refractivity contribution in [3.8, 4) is 17.1 Å². The lowest BCUT2D eigenvalue weighted by molar-refractivity contribution is 0.227. The number of ether oxygens (including phenoxy) is 1. The van der Waals surface area contributed by atoms with Gasteiger partial charge >= 0.3 is 5.69 Å². The zero-order valence-corrected chi connectivity index (χ0v) is 21.4. The first-order chi connectivity index (χ1) is 16.7. The summed E-state index contributed by atoms with van der Waals surface area (Å²) in [5.74, 6) is 1.33. The fraction of sp³-hybridized carbons (Fsp3) is 0.542. The molecule has 0 bridgehead atoms. The number of imidazole rings is 1. The van der Waals surface area contributed by atoms with E-state index < -0.39 is 21.8 Å². The molecule has 1 aromatic carbocycles. The highest BCUT2D eigenvalue weighted by atomic mass is 32.2. The van der Waals surface area contributed by atoms with Crippen LogP contribution < -0.4 is 15.1 Å². The number of nitrogens with one attached hydrogen (secondary N) is 2. The maximum Gasteiger partial charge on any atom is 0.334 e. The third kappa shape index (κ3) is 4.98. The van der Waals surface area contributed by atoms with Gasteiger partial charge in [-0.15, -0.1) is 0 Å². The number of H-pyrrole nitrogens is 1. The molecule has 0 spiro atoms. The summed E-state index contributed by atoms with van der Waals surface area (Å²) < 4.78 is 36.0. The molecule has 2 heterocycles. The number of aliphatic hydroxyl groups is 1. The number of sulfonamides is 1. The second-order valence-electron chi connectivity index (χ2n) is 9.32. The van der Waals surface area contributed by atoms with E-state index in [-0.39, 0.29) is 29.2 Å². The van der Waals surface area contributed by atoms with E-state index in [1.807, 2.05) is 20.8 Å². The minimum absolute atomic E-state index is 0.0155. The largest absolute Gasteiger partial charge is 0.493 e. The maximum atomic E-state index is 13.1. The molecule has 4 rings (SSSR count). The number of aliphatic hydroxyl groups excluding tert-OH is 1. The van der Waals surface area contributed by atoms with Crippen molar-refractivity contribution < 1.29 is 18.3 Å². The first-order valence-corrected chi connectivity index (χ1v) is 13.5. The van der Waals surface area contributed by atoms with Gasteiger partial charge in [-0.25, -0.2) is 32.3 Å². The fourth-order valence-corrected chi connectivity index (χ4v) is 5.98. The van der Waals surface area contributed by atoms with Crippen molar-refractivity contribution in [3.63, 3.8) is 0 Å². The van der Waals surface area contributed by atoms with E-state index in [1.54, 1.807) is 13.0 Å². The van der Waals surface area contributed by atoms with Crippen molar-refractivity contribution in [2.24, 2.45) is 5.92 Å². The van der Waals surface area contributed by atoms with Gasteiger partial charge in [0.1, 0.15) is 17.4 Å². The van der Waals surface area contributed by atoms with Crippen molar-refractivity contribution in [3.05, 3.63) is 40.2 Å². The smallest absolute Gasteiger partial charge is 0.334 e. The molecule has 1 unspecified atom stereocenters. The van der Waals surface area contributed by atoms with Crippen molar-refractivity contribution in [1.29, 1.82) is 0 Å². The average Bonchev–Trinajstić information content (AvgIpc) is 3.46. The van der Waals surface area contributed by atoms with Crippen LogP contribution in [0.1, 0.15) is 63.9 Å². The van der Waals surface area contributed by atoms with Crippen molar-refractivity contribution in [2.45, 2.75) is 70.2 Å². The first-order valence-electron chi connectivity index (χ1n) is 12.1. The Morgan fingerprint density at radius 1 is 1.26 bits per heavy atom. The van der Waals surface area contributed by atoms with Gasteiger partial charge in [-0.05, 0) is 50.8 Å². The summed E-state index contributed by atoms with van der Waals surface area (Å²) in [6.45, 7) is 7.28. The van der Waals surface area contributed by atoms with Crippen LogP contribution in [0.4, 0.5) is 0 Å². The summed E-state index contributed by atoms with van der Waals surface area (Å²) >= 11 is 0. The Morgan fingerprint density at radius 2 is 1.97 bits per heavy atom. The molecule has 35 heavy (non-hydrogen) atoms. The predicted octanol–water partition coefficient (Wildman–Crippen LogP) is 2.74. The molecule has 11 heteroatoms. The molecule has 0 saturated heterocycles. The molecule has 190 valence electrons. The van der Waals surface area contributed by atoms with Crippen LogP contribution in [0.25, 0.3) is 17.0 Å². The summed E-state index contributed by atoms with van der Waals surface area (Å²) in [6, 6.07) is 3.80. The molecule has 0 amide bonds. The summed E-state index contributed by atoms with van der Waals surface area (Å²) in [5.41, 5.74) is 1.25. The first kappa shape index (κ1) is 25.3. The lowest BCUT2D eigenvalue weighted by Gasteiger charge is -2.20. The van der Waals surface area contributed by atoms with Gasteiger partial charge in [-0.2, -0.15) is 0 Å². The summed E-state index contributed by atoms with van der Waals surface area (Å²) in [6.07, 6.45) is 4.24. The molecule has 3 N–H and O–H groups in total. The summed E-state index contributed by atoms with van der Waals surface area (Å²) in [7, 11) is -3.95. The third-order valence-electron chi connectivity index (χ3n) is 6.56. The molecule has 0 aliphatic heterocycles. The van der Waals surface area contributed by atoms with Gasteiger partial charge in [0.15, 0.2) is 5.65 Å². The molecule has 1 saturated carbocycles. The molecule has 1 atom stereocenters. The molecule has 0 radical (unpaired) electrons. The number of aromatic amines is 1. The number of aryl methyl sites for hydroxylation is 1. The van der Waals surface area contributed by atoms with Crippen LogP contribution >= 0.6 is 0 Å². The lowest BCUT2D eigenvalue weighted by Crippen LogP contribution is -2.41. The third-order valence-corrected chi connectivity index (χ3v) is 8.05. The van der Waals surface area contributed by atoms with Crippen LogP contribution in [0.5, 0.6) is 5.75 Å². The fourth-order valence-electron chi connectivity index (χ4n) is 4.58. The average molecular weight is 504 g/mol. The number of hydrogen-bond donors (Lipinski definition) is 3. The Balaban J connectivity index is 1.86. The molecule has 1 fully saturated rings. The predicted molar refractivity (Wildman–Crippen MR) is 132 cm³/mol. The Kier molecular flexibility index (Phi) is 7.30. The van der Waals surface area contributed by atoms with Gasteiger partial charge in [0.2, 0.25) is 10.0 Å². The number of benzene rings is 1. The zero-order chi connectivity index (χ0) is 25.3. The highest BCUT2D eigenvalue weighted by Crippen LogP contribution is 2.36. The second-order valence-corrected chi connectivity index (χ2v) is 11.0. The van der Waals surface area contributed by atoms with Gasteiger partial charge in [-0.3, -0.25) is 4.98 Å². The summed E-state index contributed by atoms with van der Waals surface area (Å²) in [5, 5.41) is 9.60. The van der Waals surface area contributed by atoms with E-state index in [0.717, 1.165) is 31.4 Å². The summed E-state index contributed by atoms with van der Waals surface area (Å²) in [4.78, 5) is 25.2. The van der Waals surface area contributed by atoms with E-state index in [0.29, 0.717) is 29.4 Å². The molecule has 3 aromatic rings. The standard InChI is InChI=1S/C24H33N5O5S/c1-5-34-20-11-10-17(35(32,33)28-19(13-30)14(2)3)12-18(20)22-26-23-21(16-8-6-7-9-16)25-15(4)29(23)24(31)27-22/h10-12,14,16,19,28,30H,5-9,13H2,1-4H3,(H,26,27,31). The highest BCUT2D eigenvalue weighted by Gasteiger charge is 2.27. The maximum absolute atomic E-state index is 13.1. The number of hydrogen-bond acceptors (Lipinski definition) is 7. The Hall–Kier alpha value is -2.76. The van der Waals surface area contributed by atoms with E-state index in [4.69, 9.17) is 9.72 Å². The molecule has 1 aliphatic rings. The monoisotopic (exact) mass is 503 g/mol. The minimum atomic E-state index is -3.95. The molecular weight excluding hydrogens is 470 g/mol. The van der Waals surface area contributed by atoms with Gasteiger partial charge in [-0.1, -0.05) is 26.7 Å². The SMILES string of the molecule is CCOc1ccc(S(=O)(=O)NC(CO)C(C)C)cc1-c1nc2c(C3CCCC3)nc(C)n2c(=O)[nH]1. The Labute approximate surface area is 204 Å². The van der Waals surface area contributed by atoms with E-state index in [2.05, 4.69) is 14.7 Å². The van der Waals surface area contributed by atoms with Crippen LogP contribution in [0.15, 0.2) is 27.9 Å². The number of fused-ring (bicyclic) bond motifs is 1.